The number of hydrogen-bond donors (Lipinski definition) is 2. The molecule has 0 aliphatic heterocycles. The van der Waals surface area contributed by atoms with Crippen LogP contribution in [0.3, 0.4) is 0 Å². The van der Waals surface area contributed by atoms with Crippen LogP contribution in [0.2, 0.25) is 0 Å². The van der Waals surface area contributed by atoms with E-state index in [2.05, 4.69) is 16.7 Å². The van der Waals surface area contributed by atoms with Gasteiger partial charge in [0.1, 0.15) is 0 Å². The molecule has 1 aromatic rings. The molecule has 2 amide bonds. The first kappa shape index (κ1) is 12.4. The number of hydrogen-bond acceptors (Lipinski definition) is 2. The van der Waals surface area contributed by atoms with Crippen molar-refractivity contribution in [2.75, 3.05) is 5.32 Å². The third-order valence-electron chi connectivity index (χ3n) is 3.18. The number of anilines is 1. The Bertz CT molecular complexity index is 457. The molecule has 18 heavy (non-hydrogen) atoms. The van der Waals surface area contributed by atoms with Crippen LogP contribution in [0, 0.1) is 17.2 Å². The van der Waals surface area contributed by atoms with Gasteiger partial charge in [0.15, 0.2) is 0 Å². The van der Waals surface area contributed by atoms with Gasteiger partial charge in [-0.2, -0.15) is 5.26 Å². The first-order chi connectivity index (χ1) is 8.69. The van der Waals surface area contributed by atoms with Crippen LogP contribution in [-0.2, 0) is 6.42 Å². The van der Waals surface area contributed by atoms with E-state index < -0.39 is 0 Å². The van der Waals surface area contributed by atoms with Gasteiger partial charge in [-0.1, -0.05) is 12.1 Å². The maximum Gasteiger partial charge on any atom is 0.319 e. The van der Waals surface area contributed by atoms with Crippen LogP contribution >= 0.6 is 0 Å². The smallest absolute Gasteiger partial charge is 0.319 e. The van der Waals surface area contributed by atoms with Crippen LogP contribution in [0.15, 0.2) is 24.3 Å². The fourth-order valence-corrected chi connectivity index (χ4v) is 1.89. The molecule has 0 spiro atoms. The number of benzene rings is 1. The van der Waals surface area contributed by atoms with E-state index in [9.17, 15) is 4.79 Å². The van der Waals surface area contributed by atoms with E-state index in [1.165, 1.54) is 12.8 Å². The van der Waals surface area contributed by atoms with Gasteiger partial charge in [0.2, 0.25) is 0 Å². The highest BCUT2D eigenvalue weighted by Gasteiger charge is 2.28. The molecule has 1 atom stereocenters. The number of nitrogens with zero attached hydrogens (tertiary/aromatic N) is 1. The molecule has 0 saturated heterocycles. The molecule has 94 valence electrons. The van der Waals surface area contributed by atoms with Gasteiger partial charge in [0.25, 0.3) is 0 Å². The maximum absolute atomic E-state index is 11.7. The lowest BCUT2D eigenvalue weighted by Gasteiger charge is -2.13. The van der Waals surface area contributed by atoms with Gasteiger partial charge >= 0.3 is 6.03 Å². The Labute approximate surface area is 107 Å². The molecule has 1 aliphatic carbocycles. The predicted octanol–water partition coefficient (Wildman–Crippen LogP) is 2.67. The summed E-state index contributed by atoms with van der Waals surface area (Å²) in [5, 5.41) is 14.3. The number of nitrogens with one attached hydrogen (secondary N) is 2. The number of carbonyl (C=O) groups excluding carboxylic acids is 1. The van der Waals surface area contributed by atoms with Crippen molar-refractivity contribution >= 4 is 11.7 Å². The fraction of sp³-hybridized carbons (Fsp3) is 0.429. The molecule has 1 aromatic carbocycles. The Hall–Kier alpha value is -2.02. The molecule has 1 aliphatic rings. The average Bonchev–Trinajstić information content (AvgIpc) is 3.16. The summed E-state index contributed by atoms with van der Waals surface area (Å²) >= 11 is 0. The molecule has 1 unspecified atom stereocenters. The summed E-state index contributed by atoms with van der Waals surface area (Å²) in [6.45, 7) is 2.03. The summed E-state index contributed by atoms with van der Waals surface area (Å²) < 4.78 is 0. The molecule has 0 heterocycles. The number of urea groups is 1. The number of rotatable bonds is 4. The third-order valence-corrected chi connectivity index (χ3v) is 3.18. The number of amides is 2. The standard InChI is InChI=1S/C14H17N3O/c1-10(12-4-5-12)16-14(18)17-13-6-2-11(3-7-13)8-9-15/h2-3,6-7,10,12H,4-5,8H2,1H3,(H2,16,17,18). The molecular weight excluding hydrogens is 226 g/mol. The molecule has 1 saturated carbocycles. The second kappa shape index (κ2) is 5.54. The van der Waals surface area contributed by atoms with Gasteiger partial charge in [-0.3, -0.25) is 0 Å². The summed E-state index contributed by atoms with van der Waals surface area (Å²) in [6, 6.07) is 9.49. The van der Waals surface area contributed by atoms with Crippen LogP contribution in [0.25, 0.3) is 0 Å². The van der Waals surface area contributed by atoms with Crippen molar-refractivity contribution in [3.05, 3.63) is 29.8 Å². The fourth-order valence-electron chi connectivity index (χ4n) is 1.89. The molecular formula is C14H17N3O. The van der Waals surface area contributed by atoms with Crippen molar-refractivity contribution in [3.63, 3.8) is 0 Å². The Morgan fingerprint density at radius 1 is 1.44 bits per heavy atom. The molecule has 0 aromatic heterocycles. The minimum absolute atomic E-state index is 0.164. The maximum atomic E-state index is 11.7. The Morgan fingerprint density at radius 2 is 2.11 bits per heavy atom. The van der Waals surface area contributed by atoms with Crippen molar-refractivity contribution in [1.82, 2.24) is 5.32 Å². The lowest BCUT2D eigenvalue weighted by Crippen LogP contribution is -2.37. The topological polar surface area (TPSA) is 64.9 Å². The first-order valence-corrected chi connectivity index (χ1v) is 6.22. The van der Waals surface area contributed by atoms with E-state index in [0.29, 0.717) is 12.3 Å². The van der Waals surface area contributed by atoms with Crippen LogP contribution in [0.4, 0.5) is 10.5 Å². The minimum Gasteiger partial charge on any atom is -0.335 e. The average molecular weight is 243 g/mol. The lowest BCUT2D eigenvalue weighted by atomic mass is 10.1. The zero-order valence-electron chi connectivity index (χ0n) is 10.4. The highest BCUT2D eigenvalue weighted by atomic mass is 16.2. The van der Waals surface area contributed by atoms with E-state index in [-0.39, 0.29) is 12.1 Å². The van der Waals surface area contributed by atoms with Crippen molar-refractivity contribution in [2.45, 2.75) is 32.2 Å². The Morgan fingerprint density at radius 3 is 2.67 bits per heavy atom. The zero-order valence-corrected chi connectivity index (χ0v) is 10.4. The molecule has 1 fully saturated rings. The molecule has 2 N–H and O–H groups in total. The molecule has 4 nitrogen and oxygen atoms in total. The molecule has 0 bridgehead atoms. The van der Waals surface area contributed by atoms with Gasteiger partial charge in [0, 0.05) is 11.7 Å². The van der Waals surface area contributed by atoms with Crippen LogP contribution < -0.4 is 10.6 Å². The molecule has 4 heteroatoms. The van der Waals surface area contributed by atoms with E-state index in [0.717, 1.165) is 11.3 Å². The van der Waals surface area contributed by atoms with E-state index in [4.69, 9.17) is 5.26 Å². The van der Waals surface area contributed by atoms with E-state index in [1.807, 2.05) is 31.2 Å². The highest BCUT2D eigenvalue weighted by molar-refractivity contribution is 5.89. The van der Waals surface area contributed by atoms with Crippen LogP contribution in [0.5, 0.6) is 0 Å². The number of carbonyl (C=O) groups is 1. The van der Waals surface area contributed by atoms with Crippen molar-refractivity contribution in [1.29, 1.82) is 5.26 Å². The van der Waals surface area contributed by atoms with Crippen LogP contribution in [0.1, 0.15) is 25.3 Å². The van der Waals surface area contributed by atoms with Crippen molar-refractivity contribution in [3.8, 4) is 6.07 Å². The van der Waals surface area contributed by atoms with E-state index >= 15 is 0 Å². The van der Waals surface area contributed by atoms with Gasteiger partial charge in [-0.25, -0.2) is 4.79 Å². The monoisotopic (exact) mass is 243 g/mol. The summed E-state index contributed by atoms with van der Waals surface area (Å²) in [6.07, 6.45) is 2.82. The predicted molar refractivity (Wildman–Crippen MR) is 70.1 cm³/mol. The van der Waals surface area contributed by atoms with Gasteiger partial charge in [0.05, 0.1) is 12.5 Å². The third kappa shape index (κ3) is 3.49. The zero-order chi connectivity index (χ0) is 13.0. The highest BCUT2D eigenvalue weighted by Crippen LogP contribution is 2.32. The van der Waals surface area contributed by atoms with Gasteiger partial charge < -0.3 is 10.6 Å². The normalized spacial score (nSPS) is 15.6. The summed E-state index contributed by atoms with van der Waals surface area (Å²) in [4.78, 5) is 11.7. The lowest BCUT2D eigenvalue weighted by molar-refractivity contribution is 0.248. The quantitative estimate of drug-likeness (QED) is 0.853. The summed E-state index contributed by atoms with van der Waals surface area (Å²) in [5.74, 6) is 0.647. The summed E-state index contributed by atoms with van der Waals surface area (Å²) in [5.41, 5.74) is 1.70. The van der Waals surface area contributed by atoms with Gasteiger partial charge in [-0.05, 0) is 43.4 Å². The molecule has 0 radical (unpaired) electrons. The Kier molecular flexibility index (Phi) is 3.83. The summed E-state index contributed by atoms with van der Waals surface area (Å²) in [7, 11) is 0. The Balaban J connectivity index is 1.84. The van der Waals surface area contributed by atoms with Gasteiger partial charge in [-0.15, -0.1) is 0 Å². The molecule has 2 rings (SSSR count). The van der Waals surface area contributed by atoms with Crippen LogP contribution in [-0.4, -0.2) is 12.1 Å². The number of nitriles is 1. The largest absolute Gasteiger partial charge is 0.335 e. The van der Waals surface area contributed by atoms with Crippen molar-refractivity contribution in [2.24, 2.45) is 5.92 Å². The van der Waals surface area contributed by atoms with Crippen molar-refractivity contribution < 1.29 is 4.79 Å². The second-order valence-electron chi connectivity index (χ2n) is 4.76. The first-order valence-electron chi connectivity index (χ1n) is 6.22. The minimum atomic E-state index is -0.164. The second-order valence-corrected chi connectivity index (χ2v) is 4.76. The van der Waals surface area contributed by atoms with E-state index in [1.54, 1.807) is 0 Å². The SMILES string of the molecule is CC(NC(=O)Nc1ccc(CC#N)cc1)C1CC1.